The van der Waals surface area contributed by atoms with Crippen LogP contribution in [-0.2, 0) is 6.18 Å². The molecule has 0 aliphatic carbocycles. The fourth-order valence-electron chi connectivity index (χ4n) is 3.12. The van der Waals surface area contributed by atoms with Crippen molar-refractivity contribution in [3.63, 3.8) is 0 Å². The molecule has 1 aromatic carbocycles. The van der Waals surface area contributed by atoms with Gasteiger partial charge in [0.05, 0.1) is 10.6 Å². The number of hydrogen-bond donors (Lipinski definition) is 1. The SMILES string of the molecule is Fc1c(Cl)cc(C(F)(F)F)cc1OC12CCCC(CC1)N2. The Labute approximate surface area is 124 Å². The minimum atomic E-state index is -4.59. The van der Waals surface area contributed by atoms with E-state index in [2.05, 4.69) is 5.32 Å². The molecule has 2 unspecified atom stereocenters. The topological polar surface area (TPSA) is 21.3 Å². The summed E-state index contributed by atoms with van der Waals surface area (Å²) in [5.41, 5.74) is -1.78. The Morgan fingerprint density at radius 2 is 2.00 bits per heavy atom. The lowest BCUT2D eigenvalue weighted by Gasteiger charge is -2.35. The van der Waals surface area contributed by atoms with Crippen LogP contribution in [0.3, 0.4) is 0 Å². The number of halogens is 5. The lowest BCUT2D eigenvalue weighted by atomic mass is 10.0. The second-order valence-electron chi connectivity index (χ2n) is 5.64. The molecule has 21 heavy (non-hydrogen) atoms. The molecule has 2 bridgehead atoms. The third-order valence-corrected chi connectivity index (χ3v) is 4.40. The standard InChI is InChI=1S/C14H14ClF4NO/c15-10-6-8(14(17,18)19)7-11(12(10)16)21-13-4-1-2-9(20-13)3-5-13/h6-7,9,20H,1-5H2. The molecule has 0 radical (unpaired) electrons. The maximum Gasteiger partial charge on any atom is 0.416 e. The van der Waals surface area contributed by atoms with Crippen LogP contribution in [0.25, 0.3) is 0 Å². The van der Waals surface area contributed by atoms with Gasteiger partial charge in [0.2, 0.25) is 0 Å². The van der Waals surface area contributed by atoms with Crippen LogP contribution in [0.2, 0.25) is 5.02 Å². The summed E-state index contributed by atoms with van der Waals surface area (Å²) < 4.78 is 58.0. The average molecular weight is 324 g/mol. The number of rotatable bonds is 2. The van der Waals surface area contributed by atoms with Crippen molar-refractivity contribution in [2.24, 2.45) is 0 Å². The predicted molar refractivity (Wildman–Crippen MR) is 69.8 cm³/mol. The second kappa shape index (κ2) is 5.02. The van der Waals surface area contributed by atoms with Gasteiger partial charge >= 0.3 is 6.18 Å². The summed E-state index contributed by atoms with van der Waals surface area (Å²) in [4.78, 5) is 0. The molecule has 0 amide bonds. The molecule has 7 heteroatoms. The normalized spacial score (nSPS) is 28.7. The van der Waals surface area contributed by atoms with E-state index in [9.17, 15) is 17.6 Å². The summed E-state index contributed by atoms with van der Waals surface area (Å²) in [6.07, 6.45) is -0.482. The summed E-state index contributed by atoms with van der Waals surface area (Å²) in [5.74, 6) is -1.39. The van der Waals surface area contributed by atoms with Gasteiger partial charge in [-0.2, -0.15) is 13.2 Å². The first-order chi connectivity index (χ1) is 9.79. The first-order valence-electron chi connectivity index (χ1n) is 6.82. The maximum atomic E-state index is 14.0. The van der Waals surface area contributed by atoms with E-state index in [1.807, 2.05) is 0 Å². The zero-order valence-electron chi connectivity index (χ0n) is 11.1. The van der Waals surface area contributed by atoms with Crippen molar-refractivity contribution in [3.05, 3.63) is 28.5 Å². The van der Waals surface area contributed by atoms with Crippen LogP contribution in [0, 0.1) is 5.82 Å². The van der Waals surface area contributed by atoms with E-state index >= 15 is 0 Å². The van der Waals surface area contributed by atoms with Crippen LogP contribution >= 0.6 is 11.6 Å². The fraction of sp³-hybridized carbons (Fsp3) is 0.571. The molecule has 0 spiro atoms. The molecular weight excluding hydrogens is 310 g/mol. The number of piperidine rings is 1. The maximum absolute atomic E-state index is 14.0. The van der Waals surface area contributed by atoms with Gasteiger partial charge in [0.15, 0.2) is 17.3 Å². The van der Waals surface area contributed by atoms with E-state index in [0.717, 1.165) is 19.3 Å². The zero-order chi connectivity index (χ0) is 15.3. The summed E-state index contributed by atoms with van der Waals surface area (Å²) in [6, 6.07) is 1.55. The number of nitrogens with one attached hydrogen (secondary N) is 1. The van der Waals surface area contributed by atoms with E-state index in [1.54, 1.807) is 0 Å². The minimum absolute atomic E-state index is 0.295. The molecule has 1 N–H and O–H groups in total. The second-order valence-corrected chi connectivity index (χ2v) is 6.04. The lowest BCUT2D eigenvalue weighted by Crippen LogP contribution is -2.51. The smallest absolute Gasteiger partial charge is 0.416 e. The van der Waals surface area contributed by atoms with Crippen molar-refractivity contribution >= 4 is 11.6 Å². The van der Waals surface area contributed by atoms with Crippen LogP contribution in [0.15, 0.2) is 12.1 Å². The van der Waals surface area contributed by atoms with Crippen molar-refractivity contribution in [2.75, 3.05) is 0 Å². The van der Waals surface area contributed by atoms with E-state index in [-0.39, 0.29) is 0 Å². The number of hydrogen-bond acceptors (Lipinski definition) is 2. The summed E-state index contributed by atoms with van der Waals surface area (Å²) >= 11 is 5.57. The van der Waals surface area contributed by atoms with Gasteiger partial charge in [-0.15, -0.1) is 0 Å². The average Bonchev–Trinajstić information content (AvgIpc) is 2.68. The Balaban J connectivity index is 1.93. The Morgan fingerprint density at radius 3 is 2.71 bits per heavy atom. The van der Waals surface area contributed by atoms with Crippen LogP contribution in [0.1, 0.15) is 37.7 Å². The van der Waals surface area contributed by atoms with Gasteiger partial charge in [0.25, 0.3) is 0 Å². The van der Waals surface area contributed by atoms with E-state index in [4.69, 9.17) is 16.3 Å². The quantitative estimate of drug-likeness (QED) is 0.809. The van der Waals surface area contributed by atoms with E-state index < -0.39 is 34.1 Å². The van der Waals surface area contributed by atoms with Crippen molar-refractivity contribution in [1.82, 2.24) is 5.32 Å². The molecule has 2 aliphatic rings. The number of benzene rings is 1. The Hall–Kier alpha value is -1.01. The molecule has 2 heterocycles. The molecule has 2 fully saturated rings. The number of ether oxygens (including phenoxy) is 1. The van der Waals surface area contributed by atoms with Crippen LogP contribution < -0.4 is 10.1 Å². The molecule has 0 saturated carbocycles. The van der Waals surface area contributed by atoms with Gasteiger partial charge in [-0.05, 0) is 31.4 Å². The highest BCUT2D eigenvalue weighted by atomic mass is 35.5. The van der Waals surface area contributed by atoms with Crippen LogP contribution in [0.5, 0.6) is 5.75 Å². The minimum Gasteiger partial charge on any atom is -0.470 e. The number of fused-ring (bicyclic) bond motifs is 2. The lowest BCUT2D eigenvalue weighted by molar-refractivity contribution is -0.137. The van der Waals surface area contributed by atoms with Gasteiger partial charge in [-0.25, -0.2) is 4.39 Å². The summed E-state index contributed by atoms with van der Waals surface area (Å²) in [5, 5.41) is 2.66. The van der Waals surface area contributed by atoms with Gasteiger partial charge < -0.3 is 4.74 Å². The van der Waals surface area contributed by atoms with E-state index in [0.29, 0.717) is 31.0 Å². The van der Waals surface area contributed by atoms with Crippen LogP contribution in [0.4, 0.5) is 17.6 Å². The molecule has 2 saturated heterocycles. The predicted octanol–water partition coefficient (Wildman–Crippen LogP) is 4.51. The van der Waals surface area contributed by atoms with Gasteiger partial charge in [-0.3, -0.25) is 5.32 Å². The van der Waals surface area contributed by atoms with Crippen molar-refractivity contribution < 1.29 is 22.3 Å². The Morgan fingerprint density at radius 1 is 1.24 bits per heavy atom. The highest BCUT2D eigenvalue weighted by molar-refractivity contribution is 6.31. The molecule has 2 atom stereocenters. The fourth-order valence-corrected chi connectivity index (χ4v) is 3.33. The Kier molecular flexibility index (Phi) is 3.56. The zero-order valence-corrected chi connectivity index (χ0v) is 11.8. The molecular formula is C14H14ClF4NO. The van der Waals surface area contributed by atoms with Crippen LogP contribution in [-0.4, -0.2) is 11.8 Å². The molecule has 116 valence electrons. The van der Waals surface area contributed by atoms with Gasteiger partial charge in [0.1, 0.15) is 0 Å². The summed E-state index contributed by atoms with van der Waals surface area (Å²) in [7, 11) is 0. The monoisotopic (exact) mass is 323 g/mol. The van der Waals surface area contributed by atoms with Crippen molar-refractivity contribution in [2.45, 2.75) is 50.0 Å². The van der Waals surface area contributed by atoms with Gasteiger partial charge in [-0.1, -0.05) is 11.6 Å². The van der Waals surface area contributed by atoms with E-state index in [1.165, 1.54) is 0 Å². The molecule has 2 aliphatic heterocycles. The first-order valence-corrected chi connectivity index (χ1v) is 7.20. The highest BCUT2D eigenvalue weighted by Crippen LogP contribution is 2.41. The Bertz CT molecular complexity index is 559. The number of alkyl halides is 3. The van der Waals surface area contributed by atoms with Crippen molar-refractivity contribution in [1.29, 1.82) is 0 Å². The highest BCUT2D eigenvalue weighted by Gasteiger charge is 2.44. The molecule has 3 rings (SSSR count). The molecule has 0 aromatic heterocycles. The first kappa shape index (κ1) is 14.9. The third kappa shape index (κ3) is 2.83. The molecule has 2 nitrogen and oxygen atoms in total. The van der Waals surface area contributed by atoms with Gasteiger partial charge in [0, 0.05) is 18.9 Å². The van der Waals surface area contributed by atoms with Crippen molar-refractivity contribution in [3.8, 4) is 5.75 Å². The molecule has 1 aromatic rings. The largest absolute Gasteiger partial charge is 0.470 e. The third-order valence-electron chi connectivity index (χ3n) is 4.12. The summed E-state index contributed by atoms with van der Waals surface area (Å²) in [6.45, 7) is 0.